The van der Waals surface area contributed by atoms with Crippen molar-refractivity contribution in [2.24, 2.45) is 10.8 Å². The van der Waals surface area contributed by atoms with Crippen LogP contribution in [0.25, 0.3) is 32.9 Å². The van der Waals surface area contributed by atoms with E-state index in [-0.39, 0.29) is 35.1 Å². The summed E-state index contributed by atoms with van der Waals surface area (Å²) in [5.74, 6) is 0.900. The van der Waals surface area contributed by atoms with Crippen LogP contribution in [0.2, 0.25) is 0 Å². The molecule has 10 nitrogen and oxygen atoms in total. The molecule has 4 aromatic rings. The third kappa shape index (κ3) is 5.81. The SMILES string of the molecule is C=CC(=O)N1CC2(CCN(c3nc(O[C@H]4C[C@H](N5CC6(CC6)C5)C4)nc4c(OCC(F)(F)F)c(-c5c(C)ccc6[nH]ncc56)c(C5CC5)cc34)CC2)C1. The number of hydrogen-bond donors (Lipinski definition) is 1. The van der Waals surface area contributed by atoms with Crippen molar-refractivity contribution < 1.29 is 27.4 Å². The van der Waals surface area contributed by atoms with Gasteiger partial charge >= 0.3 is 12.2 Å². The van der Waals surface area contributed by atoms with Crippen molar-refractivity contribution in [1.82, 2.24) is 30.0 Å². The fourth-order valence-corrected chi connectivity index (χ4v) is 9.45. The van der Waals surface area contributed by atoms with Crippen molar-refractivity contribution in [1.29, 1.82) is 0 Å². The molecule has 3 saturated heterocycles. The van der Waals surface area contributed by atoms with Gasteiger partial charge in [0, 0.05) is 79.9 Å². The van der Waals surface area contributed by atoms with Gasteiger partial charge in [-0.05, 0) is 91.7 Å². The van der Waals surface area contributed by atoms with Crippen LogP contribution in [-0.4, -0.2) is 100 Å². The highest BCUT2D eigenvalue weighted by atomic mass is 19.4. The van der Waals surface area contributed by atoms with E-state index in [1.165, 1.54) is 32.0 Å². The quantitative estimate of drug-likeness (QED) is 0.186. The van der Waals surface area contributed by atoms with E-state index < -0.39 is 12.8 Å². The number of rotatable bonds is 9. The van der Waals surface area contributed by atoms with Crippen molar-refractivity contribution in [3.8, 4) is 22.9 Å². The van der Waals surface area contributed by atoms with E-state index in [9.17, 15) is 18.0 Å². The van der Waals surface area contributed by atoms with E-state index in [2.05, 4.69) is 32.6 Å². The standard InChI is InChI=1S/C40H44F3N7O3/c1-3-31(51)50-20-39(21-50)10-12-48(13-11-39)36-28-16-27(24-5-6-24)33(32-23(2)4-7-30-29(32)17-44-47-30)35(52-22-40(41,42)43)34(28)45-37(46-36)53-26-14-25(15-26)49-18-38(19-49)8-9-38/h3-4,7,16-17,24-26H,1,5-6,8-15,18-22H2,2H3,(H,44,47)/t25-,26-. The number of aromatic nitrogens is 4. The maximum Gasteiger partial charge on any atom is 0.422 e. The Hall–Kier alpha value is -4.39. The van der Waals surface area contributed by atoms with Crippen LogP contribution in [0.15, 0.2) is 37.1 Å². The van der Waals surface area contributed by atoms with Crippen LogP contribution in [0.1, 0.15) is 68.4 Å². The number of aromatic amines is 1. The molecular formula is C40H44F3N7O3. The number of likely N-dealkylation sites (tertiary alicyclic amines) is 2. The van der Waals surface area contributed by atoms with Gasteiger partial charge in [0.15, 0.2) is 12.4 Å². The molecule has 3 saturated carbocycles. The van der Waals surface area contributed by atoms with Gasteiger partial charge in [-0.25, -0.2) is 0 Å². The Morgan fingerprint density at radius 1 is 1.02 bits per heavy atom. The minimum Gasteiger partial charge on any atom is -0.481 e. The summed E-state index contributed by atoms with van der Waals surface area (Å²) < 4.78 is 54.7. The van der Waals surface area contributed by atoms with Crippen LogP contribution in [0.3, 0.4) is 0 Å². The fraction of sp³-hybridized carbons (Fsp3) is 0.550. The molecule has 53 heavy (non-hydrogen) atoms. The van der Waals surface area contributed by atoms with Crippen LogP contribution in [0, 0.1) is 17.8 Å². The summed E-state index contributed by atoms with van der Waals surface area (Å²) in [6, 6.07) is 6.67. The second kappa shape index (κ2) is 11.8. The molecule has 6 aliphatic rings. The predicted molar refractivity (Wildman–Crippen MR) is 194 cm³/mol. The second-order valence-corrected chi connectivity index (χ2v) is 16.8. The number of alkyl halides is 3. The third-order valence-corrected chi connectivity index (χ3v) is 13.0. The average Bonchev–Trinajstić information content (AvgIpc) is 4.03. The molecule has 13 heteroatoms. The van der Waals surface area contributed by atoms with Crippen molar-refractivity contribution >= 4 is 33.5 Å². The van der Waals surface area contributed by atoms with Crippen LogP contribution >= 0.6 is 0 Å². The minimum absolute atomic E-state index is 0.0440. The molecule has 0 unspecified atom stereocenters. The molecule has 2 aromatic heterocycles. The highest BCUT2D eigenvalue weighted by molar-refractivity contribution is 6.06. The lowest BCUT2D eigenvalue weighted by atomic mass is 9.72. The van der Waals surface area contributed by atoms with E-state index >= 15 is 0 Å². The number of nitrogens with one attached hydrogen (secondary N) is 1. The Balaban J connectivity index is 1.07. The third-order valence-electron chi connectivity index (χ3n) is 13.0. The molecule has 5 heterocycles. The molecule has 3 aliphatic carbocycles. The van der Waals surface area contributed by atoms with E-state index in [0.717, 1.165) is 66.1 Å². The zero-order valence-electron chi connectivity index (χ0n) is 30.0. The van der Waals surface area contributed by atoms with E-state index in [1.54, 1.807) is 6.20 Å². The van der Waals surface area contributed by atoms with Crippen molar-refractivity contribution in [2.75, 3.05) is 50.8 Å². The monoisotopic (exact) mass is 727 g/mol. The number of hydrogen-bond acceptors (Lipinski definition) is 8. The van der Waals surface area contributed by atoms with Crippen LogP contribution in [0.5, 0.6) is 11.8 Å². The molecule has 0 bridgehead atoms. The van der Waals surface area contributed by atoms with Gasteiger partial charge in [-0.15, -0.1) is 0 Å². The fourth-order valence-electron chi connectivity index (χ4n) is 9.45. The van der Waals surface area contributed by atoms with Gasteiger partial charge in [0.05, 0.1) is 11.7 Å². The molecule has 278 valence electrons. The number of fused-ring (bicyclic) bond motifs is 2. The predicted octanol–water partition coefficient (Wildman–Crippen LogP) is 6.92. The number of anilines is 1. The van der Waals surface area contributed by atoms with Gasteiger partial charge in [-0.3, -0.25) is 14.8 Å². The molecule has 1 amide bonds. The first-order valence-corrected chi connectivity index (χ1v) is 19.1. The van der Waals surface area contributed by atoms with Gasteiger partial charge < -0.3 is 19.3 Å². The van der Waals surface area contributed by atoms with E-state index in [1.807, 2.05) is 24.0 Å². The van der Waals surface area contributed by atoms with E-state index in [0.29, 0.717) is 59.9 Å². The average molecular weight is 728 g/mol. The Labute approximate surface area is 305 Å². The smallest absolute Gasteiger partial charge is 0.422 e. The number of H-pyrrole nitrogens is 1. The summed E-state index contributed by atoms with van der Waals surface area (Å²) in [7, 11) is 0. The van der Waals surface area contributed by atoms with E-state index in [4.69, 9.17) is 19.4 Å². The van der Waals surface area contributed by atoms with Crippen LogP contribution in [0.4, 0.5) is 19.0 Å². The summed E-state index contributed by atoms with van der Waals surface area (Å²) in [5.41, 5.74) is 5.04. The number of benzene rings is 2. The topological polar surface area (TPSA) is 99.7 Å². The molecule has 3 aliphatic heterocycles. The first-order chi connectivity index (χ1) is 25.5. The number of carbonyl (C=O) groups excluding carboxylic acids is 1. The Morgan fingerprint density at radius 3 is 2.43 bits per heavy atom. The minimum atomic E-state index is -4.56. The lowest BCUT2D eigenvalue weighted by molar-refractivity contribution is -0.153. The summed E-state index contributed by atoms with van der Waals surface area (Å²) in [4.78, 5) is 28.9. The molecule has 0 atom stereocenters. The molecule has 0 radical (unpaired) electrons. The lowest BCUT2D eigenvalue weighted by Gasteiger charge is -2.54. The number of carbonyl (C=O) groups is 1. The number of halogens is 3. The number of piperidine rings is 1. The molecule has 1 N–H and O–H groups in total. The summed E-state index contributed by atoms with van der Waals surface area (Å²) in [6.07, 6.45) is 6.50. The molecular weight excluding hydrogens is 683 g/mol. The Morgan fingerprint density at radius 2 is 1.75 bits per heavy atom. The number of aryl methyl sites for hydroxylation is 1. The van der Waals surface area contributed by atoms with Crippen LogP contribution < -0.4 is 14.4 Å². The maximum absolute atomic E-state index is 14.1. The summed E-state index contributed by atoms with van der Waals surface area (Å²) >= 11 is 0. The van der Waals surface area contributed by atoms with Crippen LogP contribution in [-0.2, 0) is 4.79 Å². The first kappa shape index (κ1) is 33.2. The molecule has 6 fully saturated rings. The Kier molecular flexibility index (Phi) is 7.39. The second-order valence-electron chi connectivity index (χ2n) is 16.8. The first-order valence-electron chi connectivity index (χ1n) is 19.1. The molecule has 10 rings (SSSR count). The van der Waals surface area contributed by atoms with Gasteiger partial charge in [0.2, 0.25) is 5.91 Å². The lowest BCUT2D eigenvalue weighted by Crippen LogP contribution is -2.61. The zero-order valence-corrected chi connectivity index (χ0v) is 30.0. The highest BCUT2D eigenvalue weighted by Crippen LogP contribution is 2.56. The van der Waals surface area contributed by atoms with Gasteiger partial charge in [-0.1, -0.05) is 12.6 Å². The number of amides is 1. The molecule has 2 spiro atoms. The van der Waals surface area contributed by atoms with Crippen molar-refractivity contribution in [2.45, 2.75) is 82.5 Å². The van der Waals surface area contributed by atoms with Gasteiger partial charge in [0.25, 0.3) is 0 Å². The Bertz CT molecular complexity index is 2130. The highest BCUT2D eigenvalue weighted by Gasteiger charge is 2.55. The number of nitrogens with zero attached hydrogens (tertiary/aromatic N) is 6. The normalized spacial score (nSPS) is 24.6. The van der Waals surface area contributed by atoms with Crippen molar-refractivity contribution in [3.63, 3.8) is 0 Å². The number of ether oxygens (including phenoxy) is 2. The molecule has 2 aromatic carbocycles. The summed E-state index contributed by atoms with van der Waals surface area (Å²) in [6.45, 7) is 9.29. The largest absolute Gasteiger partial charge is 0.481 e. The zero-order chi connectivity index (χ0) is 36.3. The van der Waals surface area contributed by atoms with Gasteiger partial charge in [0.1, 0.15) is 17.4 Å². The van der Waals surface area contributed by atoms with Gasteiger partial charge in [-0.2, -0.15) is 28.2 Å². The maximum atomic E-state index is 14.1. The van der Waals surface area contributed by atoms with Crippen molar-refractivity contribution in [3.05, 3.63) is 48.2 Å². The summed E-state index contributed by atoms with van der Waals surface area (Å²) in [5, 5.41) is 8.81.